The molecule has 29 heavy (non-hydrogen) atoms. The van der Waals surface area contributed by atoms with Gasteiger partial charge in [0.05, 0.1) is 13.7 Å². The number of ether oxygens (including phenoxy) is 3. The van der Waals surface area contributed by atoms with E-state index < -0.39 is 12.1 Å². The van der Waals surface area contributed by atoms with E-state index in [1.807, 2.05) is 85.8 Å². The molecule has 0 aliphatic carbocycles. The van der Waals surface area contributed by atoms with Crippen molar-refractivity contribution in [1.82, 2.24) is 0 Å². The largest absolute Gasteiger partial charge is 0.493 e. The van der Waals surface area contributed by atoms with Crippen molar-refractivity contribution < 1.29 is 19.0 Å². The summed E-state index contributed by atoms with van der Waals surface area (Å²) in [4.78, 5) is 12.5. The van der Waals surface area contributed by atoms with Crippen LogP contribution in [0.3, 0.4) is 0 Å². The van der Waals surface area contributed by atoms with Crippen molar-refractivity contribution in [3.05, 3.63) is 102 Å². The Hall–Kier alpha value is -3.53. The van der Waals surface area contributed by atoms with Gasteiger partial charge in [-0.3, -0.25) is 0 Å². The Balaban J connectivity index is 1.77. The molecule has 0 aliphatic heterocycles. The molecule has 0 aliphatic rings. The molecule has 0 N–H and O–H groups in total. The maximum Gasteiger partial charge on any atom is 0.331 e. The molecule has 0 spiro atoms. The van der Waals surface area contributed by atoms with Crippen molar-refractivity contribution in [2.24, 2.45) is 0 Å². The highest BCUT2D eigenvalue weighted by molar-refractivity contribution is 5.87. The Labute approximate surface area is 171 Å². The van der Waals surface area contributed by atoms with Gasteiger partial charge in [-0.1, -0.05) is 66.7 Å². The van der Waals surface area contributed by atoms with Crippen molar-refractivity contribution in [2.45, 2.75) is 13.0 Å². The second-order valence-corrected chi connectivity index (χ2v) is 6.31. The number of esters is 1. The van der Waals surface area contributed by atoms with Gasteiger partial charge in [0.25, 0.3) is 0 Å². The zero-order chi connectivity index (χ0) is 20.5. The Morgan fingerprint density at radius 3 is 2.07 bits per heavy atom. The fraction of sp³-hybridized carbons (Fsp3) is 0.160. The number of rotatable bonds is 8. The molecule has 0 amide bonds. The van der Waals surface area contributed by atoms with Gasteiger partial charge in [-0.2, -0.15) is 0 Å². The normalized spacial score (nSPS) is 10.9. The zero-order valence-corrected chi connectivity index (χ0v) is 16.6. The summed E-state index contributed by atoms with van der Waals surface area (Å²) >= 11 is 0. The summed E-state index contributed by atoms with van der Waals surface area (Å²) in [5.74, 6) is 0.868. The van der Waals surface area contributed by atoms with Crippen LogP contribution in [0.25, 0.3) is 6.08 Å². The lowest BCUT2D eigenvalue weighted by atomic mass is 10.0. The second kappa shape index (κ2) is 10.1. The minimum atomic E-state index is -0.468. The van der Waals surface area contributed by atoms with Crippen LogP contribution < -0.4 is 9.47 Å². The highest BCUT2D eigenvalue weighted by Crippen LogP contribution is 2.29. The summed E-state index contributed by atoms with van der Waals surface area (Å²) in [5, 5.41) is 0. The van der Waals surface area contributed by atoms with E-state index in [0.717, 1.165) is 16.7 Å². The van der Waals surface area contributed by atoms with E-state index in [2.05, 4.69) is 0 Å². The smallest absolute Gasteiger partial charge is 0.331 e. The van der Waals surface area contributed by atoms with Crippen molar-refractivity contribution in [1.29, 1.82) is 0 Å². The van der Waals surface area contributed by atoms with Crippen molar-refractivity contribution >= 4 is 12.0 Å². The average Bonchev–Trinajstić information content (AvgIpc) is 2.78. The van der Waals surface area contributed by atoms with Crippen LogP contribution in [0.15, 0.2) is 84.9 Å². The van der Waals surface area contributed by atoms with Gasteiger partial charge < -0.3 is 14.2 Å². The predicted molar refractivity (Wildman–Crippen MR) is 114 cm³/mol. The fourth-order valence-corrected chi connectivity index (χ4v) is 2.97. The molecule has 4 heteroatoms. The van der Waals surface area contributed by atoms with Crippen LogP contribution in [0, 0.1) is 0 Å². The minimum absolute atomic E-state index is 0.421. The Bertz CT molecular complexity index is 910. The first-order chi connectivity index (χ1) is 14.2. The SMILES string of the molecule is CCOc1ccc(/C=C/C(=O)OC(c2ccccc2)c2ccccc2)cc1OC. The molecule has 3 rings (SSSR count). The molecule has 0 bridgehead atoms. The highest BCUT2D eigenvalue weighted by Gasteiger charge is 2.17. The van der Waals surface area contributed by atoms with Crippen LogP contribution in [0.1, 0.15) is 29.7 Å². The monoisotopic (exact) mass is 388 g/mol. The molecule has 3 aromatic carbocycles. The standard InChI is InChI=1S/C25H24O4/c1-3-28-22-16-14-19(18-23(22)27-2)15-17-24(26)29-25(20-10-6-4-7-11-20)21-12-8-5-9-13-21/h4-18,25H,3H2,1-2H3/b17-15+. The summed E-state index contributed by atoms with van der Waals surface area (Å²) in [5.41, 5.74) is 2.66. The lowest BCUT2D eigenvalue weighted by molar-refractivity contribution is -0.141. The molecule has 3 aromatic rings. The van der Waals surface area contributed by atoms with E-state index in [4.69, 9.17) is 14.2 Å². The summed E-state index contributed by atoms with van der Waals surface area (Å²) < 4.78 is 16.7. The third kappa shape index (κ3) is 5.48. The minimum Gasteiger partial charge on any atom is -0.493 e. The second-order valence-electron chi connectivity index (χ2n) is 6.31. The number of carbonyl (C=O) groups excluding carboxylic acids is 1. The Kier molecular flexibility index (Phi) is 7.06. The van der Waals surface area contributed by atoms with E-state index in [-0.39, 0.29) is 0 Å². The Morgan fingerprint density at radius 2 is 1.52 bits per heavy atom. The zero-order valence-electron chi connectivity index (χ0n) is 16.6. The van der Waals surface area contributed by atoms with E-state index in [1.165, 1.54) is 6.08 Å². The summed E-state index contributed by atoms with van der Waals surface area (Å²) in [6.45, 7) is 2.47. The molecule has 0 saturated heterocycles. The molecule has 4 nitrogen and oxygen atoms in total. The fourth-order valence-electron chi connectivity index (χ4n) is 2.97. The third-order valence-corrected chi connectivity index (χ3v) is 4.34. The van der Waals surface area contributed by atoms with Crippen LogP contribution in [0.5, 0.6) is 11.5 Å². The first-order valence-electron chi connectivity index (χ1n) is 9.50. The number of hydrogen-bond donors (Lipinski definition) is 0. The lowest BCUT2D eigenvalue weighted by Crippen LogP contribution is -2.10. The first kappa shape index (κ1) is 20.2. The van der Waals surface area contributed by atoms with Crippen LogP contribution in [0.4, 0.5) is 0 Å². The van der Waals surface area contributed by atoms with Gasteiger partial charge in [0.2, 0.25) is 0 Å². The lowest BCUT2D eigenvalue weighted by Gasteiger charge is -2.18. The van der Waals surface area contributed by atoms with Gasteiger partial charge >= 0.3 is 5.97 Å². The third-order valence-electron chi connectivity index (χ3n) is 4.34. The summed E-state index contributed by atoms with van der Waals surface area (Å²) in [7, 11) is 1.59. The summed E-state index contributed by atoms with van der Waals surface area (Å²) in [6.07, 6.45) is 2.66. The van der Waals surface area contributed by atoms with Gasteiger partial charge in [-0.05, 0) is 41.8 Å². The van der Waals surface area contributed by atoms with E-state index in [0.29, 0.717) is 18.1 Å². The number of hydrogen-bond acceptors (Lipinski definition) is 4. The van der Waals surface area contributed by atoms with Crippen molar-refractivity contribution in [3.63, 3.8) is 0 Å². The number of carbonyl (C=O) groups is 1. The van der Waals surface area contributed by atoms with Gasteiger partial charge in [-0.15, -0.1) is 0 Å². The molecule has 0 saturated carbocycles. The molecule has 0 heterocycles. The summed E-state index contributed by atoms with van der Waals surface area (Å²) in [6, 6.07) is 24.9. The van der Waals surface area contributed by atoms with Gasteiger partial charge in [0, 0.05) is 6.08 Å². The molecule has 0 radical (unpaired) electrons. The predicted octanol–water partition coefficient (Wildman–Crippen LogP) is 5.44. The highest BCUT2D eigenvalue weighted by atomic mass is 16.5. The van der Waals surface area contributed by atoms with Crippen molar-refractivity contribution in [2.75, 3.05) is 13.7 Å². The van der Waals surface area contributed by atoms with Crippen LogP contribution >= 0.6 is 0 Å². The van der Waals surface area contributed by atoms with E-state index >= 15 is 0 Å². The molecule has 0 aromatic heterocycles. The molecule has 0 unspecified atom stereocenters. The average molecular weight is 388 g/mol. The topological polar surface area (TPSA) is 44.8 Å². The molecular weight excluding hydrogens is 364 g/mol. The van der Waals surface area contributed by atoms with Gasteiger partial charge in [-0.25, -0.2) is 4.79 Å². The van der Waals surface area contributed by atoms with Crippen LogP contribution in [0.2, 0.25) is 0 Å². The van der Waals surface area contributed by atoms with Crippen LogP contribution in [-0.4, -0.2) is 19.7 Å². The van der Waals surface area contributed by atoms with E-state index in [9.17, 15) is 4.79 Å². The molecule has 148 valence electrons. The van der Waals surface area contributed by atoms with Gasteiger partial charge in [0.1, 0.15) is 0 Å². The first-order valence-corrected chi connectivity index (χ1v) is 9.50. The molecule has 0 fully saturated rings. The molecular formula is C25H24O4. The maximum absolute atomic E-state index is 12.5. The maximum atomic E-state index is 12.5. The van der Waals surface area contributed by atoms with E-state index in [1.54, 1.807) is 13.2 Å². The van der Waals surface area contributed by atoms with Gasteiger partial charge in [0.15, 0.2) is 17.6 Å². The number of benzene rings is 3. The van der Waals surface area contributed by atoms with Crippen molar-refractivity contribution in [3.8, 4) is 11.5 Å². The number of methoxy groups -OCH3 is 1. The molecule has 0 atom stereocenters. The Morgan fingerprint density at radius 1 is 0.897 bits per heavy atom. The quantitative estimate of drug-likeness (QED) is 0.381. The van der Waals surface area contributed by atoms with Crippen LogP contribution in [-0.2, 0) is 9.53 Å².